The number of halogens is 2. The molecule has 1 aromatic carbocycles. The lowest BCUT2D eigenvalue weighted by molar-refractivity contribution is 0.475. The first-order valence-electron chi connectivity index (χ1n) is 4.39. The fraction of sp³-hybridized carbons (Fsp3) is 0. The van der Waals surface area contributed by atoms with Crippen molar-refractivity contribution >= 4 is 34.8 Å². The molecule has 0 spiro atoms. The van der Waals surface area contributed by atoms with Crippen molar-refractivity contribution in [3.63, 3.8) is 0 Å². The number of benzene rings is 1. The Morgan fingerprint density at radius 1 is 1.00 bits per heavy atom. The molecule has 2 rings (SSSR count). The number of rotatable bonds is 2. The van der Waals surface area contributed by atoms with Crippen molar-refractivity contribution < 1.29 is 5.11 Å². The molecule has 4 nitrogen and oxygen atoms in total. The van der Waals surface area contributed by atoms with Crippen LogP contribution in [0.3, 0.4) is 0 Å². The van der Waals surface area contributed by atoms with Gasteiger partial charge in [-0.1, -0.05) is 23.2 Å². The molecule has 16 heavy (non-hydrogen) atoms. The summed E-state index contributed by atoms with van der Waals surface area (Å²) < 4.78 is 0. The molecule has 0 fully saturated rings. The zero-order chi connectivity index (χ0) is 11.5. The van der Waals surface area contributed by atoms with Gasteiger partial charge in [0.05, 0.1) is 0 Å². The molecule has 0 radical (unpaired) electrons. The summed E-state index contributed by atoms with van der Waals surface area (Å²) in [5.74, 6) is 0.499. The Morgan fingerprint density at radius 3 is 2.12 bits per heavy atom. The number of phenolic OH excluding ortho intramolecular Hbond substituents is 1. The highest BCUT2D eigenvalue weighted by Crippen LogP contribution is 2.19. The first-order valence-corrected chi connectivity index (χ1v) is 5.15. The molecular formula is C10H7Cl2N3O. The van der Waals surface area contributed by atoms with Crippen molar-refractivity contribution in [2.24, 2.45) is 0 Å². The zero-order valence-corrected chi connectivity index (χ0v) is 9.50. The van der Waals surface area contributed by atoms with Gasteiger partial charge in [-0.3, -0.25) is 0 Å². The Morgan fingerprint density at radius 2 is 1.56 bits per heavy atom. The highest BCUT2D eigenvalue weighted by Gasteiger charge is 2.02. The molecule has 0 saturated carbocycles. The molecule has 0 atom stereocenters. The fourth-order valence-electron chi connectivity index (χ4n) is 1.12. The van der Waals surface area contributed by atoms with Crippen molar-refractivity contribution in [1.29, 1.82) is 0 Å². The predicted octanol–water partition coefficient (Wildman–Crippen LogP) is 3.23. The molecule has 0 aliphatic rings. The molecule has 1 aromatic heterocycles. The number of nitrogens with zero attached hydrogens (tertiary/aromatic N) is 2. The number of phenols is 1. The number of hydrogen-bond donors (Lipinski definition) is 2. The second-order valence-electron chi connectivity index (χ2n) is 3.01. The molecule has 0 aliphatic carbocycles. The van der Waals surface area contributed by atoms with Crippen molar-refractivity contribution in [3.8, 4) is 5.75 Å². The lowest BCUT2D eigenvalue weighted by atomic mass is 10.3. The van der Waals surface area contributed by atoms with Crippen LogP contribution in [0.4, 0.5) is 11.6 Å². The molecule has 82 valence electrons. The van der Waals surface area contributed by atoms with E-state index in [2.05, 4.69) is 15.3 Å². The monoisotopic (exact) mass is 255 g/mol. The van der Waals surface area contributed by atoms with Crippen molar-refractivity contribution in [2.75, 3.05) is 5.32 Å². The van der Waals surface area contributed by atoms with E-state index in [9.17, 15) is 0 Å². The summed E-state index contributed by atoms with van der Waals surface area (Å²) in [4.78, 5) is 7.90. The van der Waals surface area contributed by atoms with E-state index < -0.39 is 0 Å². The first-order chi connectivity index (χ1) is 7.63. The third kappa shape index (κ3) is 2.74. The maximum atomic E-state index is 9.11. The molecule has 0 unspecified atom stereocenters. The van der Waals surface area contributed by atoms with Crippen LogP contribution in [0.15, 0.2) is 30.3 Å². The van der Waals surface area contributed by atoms with E-state index in [1.165, 1.54) is 6.07 Å². The van der Waals surface area contributed by atoms with Gasteiger partial charge in [0, 0.05) is 11.8 Å². The number of anilines is 2. The van der Waals surface area contributed by atoms with Crippen LogP contribution in [-0.2, 0) is 0 Å². The minimum Gasteiger partial charge on any atom is -0.508 e. The molecule has 0 aliphatic heterocycles. The number of nitrogens with one attached hydrogen (secondary N) is 1. The van der Waals surface area contributed by atoms with E-state index in [0.29, 0.717) is 5.95 Å². The van der Waals surface area contributed by atoms with Crippen molar-refractivity contribution in [2.45, 2.75) is 0 Å². The average molecular weight is 256 g/mol. The van der Waals surface area contributed by atoms with E-state index in [4.69, 9.17) is 28.3 Å². The Bertz CT molecular complexity index is 482. The summed E-state index contributed by atoms with van der Waals surface area (Å²) >= 11 is 11.5. The lowest BCUT2D eigenvalue weighted by Gasteiger charge is -2.05. The van der Waals surface area contributed by atoms with Crippen LogP contribution in [0, 0.1) is 0 Å². The van der Waals surface area contributed by atoms with Gasteiger partial charge in [-0.2, -0.15) is 0 Å². The van der Waals surface area contributed by atoms with Gasteiger partial charge in [-0.25, -0.2) is 9.97 Å². The Labute approximate surface area is 102 Å². The summed E-state index contributed by atoms with van der Waals surface area (Å²) in [6, 6.07) is 7.93. The summed E-state index contributed by atoms with van der Waals surface area (Å²) in [5, 5.41) is 12.6. The van der Waals surface area contributed by atoms with Crippen LogP contribution in [0.1, 0.15) is 0 Å². The SMILES string of the molecule is Oc1ccc(Nc2nc(Cl)cc(Cl)n2)cc1. The summed E-state index contributed by atoms with van der Waals surface area (Å²) in [5.41, 5.74) is 0.733. The largest absolute Gasteiger partial charge is 0.508 e. The second kappa shape index (κ2) is 4.55. The maximum absolute atomic E-state index is 9.11. The highest BCUT2D eigenvalue weighted by molar-refractivity contribution is 6.33. The van der Waals surface area contributed by atoms with Gasteiger partial charge < -0.3 is 10.4 Å². The molecule has 0 amide bonds. The van der Waals surface area contributed by atoms with E-state index in [-0.39, 0.29) is 16.1 Å². The van der Waals surface area contributed by atoms with Crippen molar-refractivity contribution in [1.82, 2.24) is 9.97 Å². The number of aromatic nitrogens is 2. The number of aromatic hydroxyl groups is 1. The third-order valence-corrected chi connectivity index (χ3v) is 2.17. The van der Waals surface area contributed by atoms with Gasteiger partial charge in [-0.15, -0.1) is 0 Å². The van der Waals surface area contributed by atoms with Crippen LogP contribution in [0.2, 0.25) is 10.3 Å². The minimum absolute atomic E-state index is 0.190. The van der Waals surface area contributed by atoms with Crippen LogP contribution in [0.25, 0.3) is 0 Å². The van der Waals surface area contributed by atoms with Gasteiger partial charge >= 0.3 is 0 Å². The van der Waals surface area contributed by atoms with Gasteiger partial charge in [0.25, 0.3) is 0 Å². The van der Waals surface area contributed by atoms with Gasteiger partial charge in [0.1, 0.15) is 16.1 Å². The van der Waals surface area contributed by atoms with Gasteiger partial charge in [0.15, 0.2) is 0 Å². The standard InChI is InChI=1S/C10H7Cl2N3O/c11-8-5-9(12)15-10(14-8)13-6-1-3-7(16)4-2-6/h1-5,16H,(H,13,14,15). The molecule has 6 heteroatoms. The van der Waals surface area contributed by atoms with E-state index in [0.717, 1.165) is 5.69 Å². The van der Waals surface area contributed by atoms with Crippen LogP contribution >= 0.6 is 23.2 Å². The van der Waals surface area contributed by atoms with Gasteiger partial charge in [0.2, 0.25) is 5.95 Å². The quantitative estimate of drug-likeness (QED) is 0.639. The topological polar surface area (TPSA) is 58.0 Å². The Hall–Kier alpha value is -1.52. The average Bonchev–Trinajstić information content (AvgIpc) is 2.20. The van der Waals surface area contributed by atoms with Crippen LogP contribution in [0.5, 0.6) is 5.75 Å². The van der Waals surface area contributed by atoms with E-state index in [1.807, 2.05) is 0 Å². The van der Waals surface area contributed by atoms with Crippen molar-refractivity contribution in [3.05, 3.63) is 40.6 Å². The predicted molar refractivity (Wildman–Crippen MR) is 63.4 cm³/mol. The lowest BCUT2D eigenvalue weighted by Crippen LogP contribution is -1.96. The Balaban J connectivity index is 2.23. The second-order valence-corrected chi connectivity index (χ2v) is 3.78. The summed E-state index contributed by atoms with van der Waals surface area (Å²) in [7, 11) is 0. The van der Waals surface area contributed by atoms with E-state index >= 15 is 0 Å². The molecule has 1 heterocycles. The normalized spacial score (nSPS) is 10.1. The molecule has 0 bridgehead atoms. The summed E-state index contributed by atoms with van der Waals surface area (Å²) in [6.45, 7) is 0. The van der Waals surface area contributed by atoms with Crippen LogP contribution < -0.4 is 5.32 Å². The third-order valence-electron chi connectivity index (χ3n) is 1.79. The molecular weight excluding hydrogens is 249 g/mol. The molecule has 0 saturated heterocycles. The van der Waals surface area contributed by atoms with E-state index in [1.54, 1.807) is 24.3 Å². The molecule has 2 N–H and O–H groups in total. The van der Waals surface area contributed by atoms with Gasteiger partial charge in [-0.05, 0) is 24.3 Å². The first kappa shape index (κ1) is 11.0. The molecule has 2 aromatic rings. The smallest absolute Gasteiger partial charge is 0.230 e. The minimum atomic E-state index is 0.190. The number of hydrogen-bond acceptors (Lipinski definition) is 4. The maximum Gasteiger partial charge on any atom is 0.230 e. The van der Waals surface area contributed by atoms with Crippen LogP contribution in [-0.4, -0.2) is 15.1 Å². The zero-order valence-electron chi connectivity index (χ0n) is 7.98. The summed E-state index contributed by atoms with van der Waals surface area (Å²) in [6.07, 6.45) is 0. The highest BCUT2D eigenvalue weighted by atomic mass is 35.5. The Kier molecular flexibility index (Phi) is 3.12. The fourth-order valence-corrected chi connectivity index (χ4v) is 1.54.